The Morgan fingerprint density at radius 3 is 2.50 bits per heavy atom. The topological polar surface area (TPSA) is 77.0 Å². The number of carbonyl (C=O) groups is 1. The maximum Gasteiger partial charge on any atom is 0.407 e. The van der Waals surface area contributed by atoms with E-state index in [2.05, 4.69) is 5.32 Å². The summed E-state index contributed by atoms with van der Waals surface area (Å²) in [7, 11) is 2.96. The van der Waals surface area contributed by atoms with Crippen LogP contribution in [0.2, 0.25) is 0 Å². The van der Waals surface area contributed by atoms with Crippen molar-refractivity contribution < 1.29 is 24.1 Å². The highest BCUT2D eigenvalue weighted by Gasteiger charge is 2.11. The Labute approximate surface area is 141 Å². The van der Waals surface area contributed by atoms with E-state index in [1.165, 1.54) is 14.2 Å². The molecule has 0 spiro atoms. The number of alkyl carbamates (subject to hydrolysis) is 1. The molecular weight excluding hydrogens is 310 g/mol. The number of methoxy groups -OCH3 is 2. The molecular formula is C18H21NO5. The molecule has 0 fully saturated rings. The second-order valence-electron chi connectivity index (χ2n) is 5.09. The highest BCUT2D eigenvalue weighted by molar-refractivity contribution is 5.67. The van der Waals surface area contributed by atoms with Gasteiger partial charge in [0.05, 0.1) is 14.2 Å². The molecule has 2 N–H and O–H groups in total. The fraction of sp³-hybridized carbons (Fsp3) is 0.278. The van der Waals surface area contributed by atoms with Crippen LogP contribution in [-0.4, -0.2) is 32.0 Å². The molecule has 128 valence electrons. The minimum Gasteiger partial charge on any atom is -0.504 e. The Hall–Kier alpha value is -2.89. The number of ether oxygens (including phenoxy) is 3. The first kappa shape index (κ1) is 17.5. The first-order chi connectivity index (χ1) is 11.6. The molecule has 0 atom stereocenters. The normalized spacial score (nSPS) is 10.1. The summed E-state index contributed by atoms with van der Waals surface area (Å²) in [5.41, 5.74) is 1.74. The third-order valence-corrected chi connectivity index (χ3v) is 3.41. The number of amides is 1. The van der Waals surface area contributed by atoms with Gasteiger partial charge in [0.2, 0.25) is 5.75 Å². The summed E-state index contributed by atoms with van der Waals surface area (Å²) in [6.07, 6.45) is 0.0394. The summed E-state index contributed by atoms with van der Waals surface area (Å²) in [5.74, 6) is 0.731. The standard InChI is InChI=1S/C18H21NO5/c1-22-16-11-14(10-15(20)17(16)23-2)8-9-19-18(21)24-12-13-6-4-3-5-7-13/h3-7,10-11,20H,8-9,12H2,1-2H3,(H,19,21). The maximum absolute atomic E-state index is 11.7. The smallest absolute Gasteiger partial charge is 0.407 e. The largest absolute Gasteiger partial charge is 0.504 e. The van der Waals surface area contributed by atoms with Crippen LogP contribution >= 0.6 is 0 Å². The second-order valence-corrected chi connectivity index (χ2v) is 5.09. The number of benzene rings is 2. The van der Waals surface area contributed by atoms with Crippen molar-refractivity contribution in [1.82, 2.24) is 5.32 Å². The highest BCUT2D eigenvalue weighted by Crippen LogP contribution is 2.37. The van der Waals surface area contributed by atoms with Crippen LogP contribution in [0.1, 0.15) is 11.1 Å². The number of hydrogen-bond acceptors (Lipinski definition) is 5. The van der Waals surface area contributed by atoms with E-state index in [1.807, 2.05) is 30.3 Å². The lowest BCUT2D eigenvalue weighted by atomic mass is 10.1. The van der Waals surface area contributed by atoms with E-state index in [4.69, 9.17) is 14.2 Å². The van der Waals surface area contributed by atoms with Crippen molar-refractivity contribution in [2.45, 2.75) is 13.0 Å². The lowest BCUT2D eigenvalue weighted by molar-refractivity contribution is 0.140. The SMILES string of the molecule is COc1cc(CCNC(=O)OCc2ccccc2)cc(O)c1OC. The minimum atomic E-state index is -0.483. The number of aromatic hydroxyl groups is 1. The van der Waals surface area contributed by atoms with E-state index in [9.17, 15) is 9.90 Å². The molecule has 0 aliphatic rings. The lowest BCUT2D eigenvalue weighted by Gasteiger charge is -2.12. The zero-order valence-corrected chi connectivity index (χ0v) is 13.7. The van der Waals surface area contributed by atoms with Crippen LogP contribution in [0.25, 0.3) is 0 Å². The van der Waals surface area contributed by atoms with Crippen LogP contribution < -0.4 is 14.8 Å². The van der Waals surface area contributed by atoms with Crippen LogP contribution in [-0.2, 0) is 17.8 Å². The van der Waals surface area contributed by atoms with Gasteiger partial charge in [0.15, 0.2) is 11.5 Å². The molecule has 0 unspecified atom stereocenters. The number of hydrogen-bond donors (Lipinski definition) is 2. The van der Waals surface area contributed by atoms with Crippen molar-refractivity contribution in [3.05, 3.63) is 53.6 Å². The molecule has 0 aliphatic carbocycles. The van der Waals surface area contributed by atoms with Gasteiger partial charge in [-0.25, -0.2) is 4.79 Å². The number of phenolic OH excluding ortho intramolecular Hbond substituents is 1. The van der Waals surface area contributed by atoms with E-state index in [0.29, 0.717) is 18.7 Å². The lowest BCUT2D eigenvalue weighted by Crippen LogP contribution is -2.26. The molecule has 0 bridgehead atoms. The van der Waals surface area contributed by atoms with Crippen molar-refractivity contribution >= 4 is 6.09 Å². The van der Waals surface area contributed by atoms with Crippen molar-refractivity contribution in [3.63, 3.8) is 0 Å². The third kappa shape index (κ3) is 4.81. The predicted molar refractivity (Wildman–Crippen MR) is 89.5 cm³/mol. The van der Waals surface area contributed by atoms with Gasteiger partial charge in [-0.15, -0.1) is 0 Å². The van der Waals surface area contributed by atoms with Crippen LogP contribution in [0.4, 0.5) is 4.79 Å². The molecule has 0 saturated heterocycles. The average Bonchev–Trinajstić information content (AvgIpc) is 2.60. The first-order valence-corrected chi connectivity index (χ1v) is 7.52. The highest BCUT2D eigenvalue weighted by atomic mass is 16.5. The number of nitrogens with one attached hydrogen (secondary N) is 1. The van der Waals surface area contributed by atoms with E-state index in [1.54, 1.807) is 12.1 Å². The molecule has 0 aromatic heterocycles. The Morgan fingerprint density at radius 2 is 1.83 bits per heavy atom. The molecule has 0 heterocycles. The molecule has 0 radical (unpaired) electrons. The fourth-order valence-electron chi connectivity index (χ4n) is 2.23. The summed E-state index contributed by atoms with van der Waals surface area (Å²) in [4.78, 5) is 11.7. The fourth-order valence-corrected chi connectivity index (χ4v) is 2.23. The zero-order valence-electron chi connectivity index (χ0n) is 13.7. The average molecular weight is 331 g/mol. The monoisotopic (exact) mass is 331 g/mol. The minimum absolute atomic E-state index is 0.00139. The number of carbonyl (C=O) groups excluding carboxylic acids is 1. The Bertz CT molecular complexity index is 673. The Kier molecular flexibility index (Phi) is 6.31. The number of rotatable bonds is 7. The van der Waals surface area contributed by atoms with Crippen molar-refractivity contribution in [3.8, 4) is 17.2 Å². The molecule has 6 nitrogen and oxygen atoms in total. The van der Waals surface area contributed by atoms with E-state index >= 15 is 0 Å². The summed E-state index contributed by atoms with van der Waals surface area (Å²) in [6, 6.07) is 12.8. The van der Waals surface area contributed by atoms with Gasteiger partial charge in [-0.05, 0) is 29.7 Å². The zero-order chi connectivity index (χ0) is 17.4. The molecule has 2 rings (SSSR count). The predicted octanol–water partition coefficient (Wildman–Crippen LogP) is 2.88. The molecule has 0 aliphatic heterocycles. The molecule has 2 aromatic carbocycles. The van der Waals surface area contributed by atoms with Crippen molar-refractivity contribution in [2.24, 2.45) is 0 Å². The molecule has 0 saturated carbocycles. The molecule has 24 heavy (non-hydrogen) atoms. The van der Waals surface area contributed by atoms with Gasteiger partial charge in [0, 0.05) is 6.54 Å². The van der Waals surface area contributed by atoms with Crippen LogP contribution in [0, 0.1) is 0 Å². The van der Waals surface area contributed by atoms with Crippen LogP contribution in [0.3, 0.4) is 0 Å². The summed E-state index contributed by atoms with van der Waals surface area (Å²) in [5, 5.41) is 12.6. The molecule has 1 amide bonds. The van der Waals surface area contributed by atoms with Crippen molar-refractivity contribution in [2.75, 3.05) is 20.8 Å². The van der Waals surface area contributed by atoms with Gasteiger partial charge in [0.25, 0.3) is 0 Å². The summed E-state index contributed by atoms with van der Waals surface area (Å²) in [6.45, 7) is 0.604. The van der Waals surface area contributed by atoms with Gasteiger partial charge in [-0.3, -0.25) is 0 Å². The van der Waals surface area contributed by atoms with Crippen LogP contribution in [0.15, 0.2) is 42.5 Å². The quantitative estimate of drug-likeness (QED) is 0.816. The van der Waals surface area contributed by atoms with Gasteiger partial charge in [-0.2, -0.15) is 0 Å². The maximum atomic E-state index is 11.7. The first-order valence-electron chi connectivity index (χ1n) is 7.52. The summed E-state index contributed by atoms with van der Waals surface area (Å²) < 4.78 is 15.4. The van der Waals surface area contributed by atoms with Gasteiger partial charge in [0.1, 0.15) is 6.61 Å². The second kappa shape index (κ2) is 8.67. The van der Waals surface area contributed by atoms with Gasteiger partial charge < -0.3 is 24.6 Å². The van der Waals surface area contributed by atoms with Crippen LogP contribution in [0.5, 0.6) is 17.2 Å². The number of phenols is 1. The molecule has 6 heteroatoms. The van der Waals surface area contributed by atoms with E-state index in [-0.39, 0.29) is 18.1 Å². The van der Waals surface area contributed by atoms with E-state index in [0.717, 1.165) is 11.1 Å². The molecule has 2 aromatic rings. The Morgan fingerprint density at radius 1 is 1.08 bits per heavy atom. The third-order valence-electron chi connectivity index (χ3n) is 3.41. The van der Waals surface area contributed by atoms with Gasteiger partial charge in [-0.1, -0.05) is 30.3 Å². The van der Waals surface area contributed by atoms with E-state index < -0.39 is 6.09 Å². The Balaban J connectivity index is 1.81. The summed E-state index contributed by atoms with van der Waals surface area (Å²) >= 11 is 0. The van der Waals surface area contributed by atoms with Crippen molar-refractivity contribution in [1.29, 1.82) is 0 Å². The van der Waals surface area contributed by atoms with Gasteiger partial charge >= 0.3 is 6.09 Å².